The second kappa shape index (κ2) is 6.10. The molecule has 0 aliphatic heterocycles. The van der Waals surface area contributed by atoms with Crippen LogP contribution in [0.5, 0.6) is 0 Å². The number of hydrogen-bond donors (Lipinski definition) is 0. The zero-order valence-electron chi connectivity index (χ0n) is 9.06. The summed E-state index contributed by atoms with van der Waals surface area (Å²) in [5, 5.41) is 1.89. The van der Waals surface area contributed by atoms with Gasteiger partial charge in [-0.1, -0.05) is 30.3 Å². The first-order valence-corrected chi connectivity index (χ1v) is 6.82. The third-order valence-corrected chi connectivity index (χ3v) is 3.92. The molecule has 0 saturated heterocycles. The molecule has 0 fully saturated rings. The molecule has 0 bridgehead atoms. The molecule has 0 saturated carbocycles. The van der Waals surface area contributed by atoms with Crippen LogP contribution in [0.15, 0.2) is 46.3 Å². The number of benzene rings is 1. The summed E-state index contributed by atoms with van der Waals surface area (Å²) in [6, 6.07) is 11.6. The predicted molar refractivity (Wildman–Crippen MR) is 72.4 cm³/mol. The summed E-state index contributed by atoms with van der Waals surface area (Å²) in [6.07, 6.45) is 0. The second-order valence-corrected chi connectivity index (χ2v) is 5.36. The number of Topliss-reactive ketones (excluding diaryl/α,β-unsaturated/α-hetero) is 1. The smallest absolute Gasteiger partial charge is 0.198 e. The zero-order chi connectivity index (χ0) is 12.1. The first kappa shape index (κ1) is 12.5. The van der Waals surface area contributed by atoms with E-state index < -0.39 is 0 Å². The predicted octanol–water partition coefficient (Wildman–Crippen LogP) is 3.91. The summed E-state index contributed by atoms with van der Waals surface area (Å²) in [6.45, 7) is 0.598. The van der Waals surface area contributed by atoms with Gasteiger partial charge in [-0.05, 0) is 27.6 Å². The summed E-state index contributed by atoms with van der Waals surface area (Å²) < 4.78 is 6.33. The van der Waals surface area contributed by atoms with Crippen LogP contribution in [-0.2, 0) is 11.3 Å². The fourth-order valence-corrected chi connectivity index (χ4v) is 2.72. The Morgan fingerprint density at radius 2 is 2.06 bits per heavy atom. The highest BCUT2D eigenvalue weighted by atomic mass is 79.9. The number of thiophene rings is 1. The van der Waals surface area contributed by atoms with Crippen molar-refractivity contribution in [2.75, 3.05) is 6.61 Å². The van der Waals surface area contributed by atoms with Crippen molar-refractivity contribution in [2.45, 2.75) is 6.61 Å². The van der Waals surface area contributed by atoms with Gasteiger partial charge in [0.05, 0.1) is 11.5 Å². The van der Waals surface area contributed by atoms with Crippen LogP contribution in [0.4, 0.5) is 0 Å². The van der Waals surface area contributed by atoms with E-state index in [1.807, 2.05) is 41.8 Å². The Morgan fingerprint density at radius 1 is 1.29 bits per heavy atom. The molecule has 0 spiro atoms. The van der Waals surface area contributed by atoms with E-state index in [1.54, 1.807) is 0 Å². The van der Waals surface area contributed by atoms with E-state index >= 15 is 0 Å². The summed E-state index contributed by atoms with van der Waals surface area (Å²) in [4.78, 5) is 12.4. The zero-order valence-corrected chi connectivity index (χ0v) is 11.5. The van der Waals surface area contributed by atoms with E-state index in [1.165, 1.54) is 11.3 Å². The van der Waals surface area contributed by atoms with Crippen LogP contribution in [0.25, 0.3) is 0 Å². The molecule has 0 radical (unpaired) electrons. The SMILES string of the molecule is O=C(COCc1ccccc1)c1cc(Br)cs1. The Labute approximate surface area is 112 Å². The minimum atomic E-state index is 0.0247. The van der Waals surface area contributed by atoms with Crippen molar-refractivity contribution in [1.29, 1.82) is 0 Å². The number of rotatable bonds is 5. The van der Waals surface area contributed by atoms with Gasteiger partial charge in [0.15, 0.2) is 5.78 Å². The summed E-state index contributed by atoms with van der Waals surface area (Å²) >= 11 is 4.75. The fourth-order valence-electron chi connectivity index (χ4n) is 1.37. The quantitative estimate of drug-likeness (QED) is 0.783. The average molecular weight is 311 g/mol. The molecule has 2 rings (SSSR count). The molecule has 2 nitrogen and oxygen atoms in total. The van der Waals surface area contributed by atoms with E-state index in [4.69, 9.17) is 4.74 Å². The normalized spacial score (nSPS) is 10.4. The third kappa shape index (κ3) is 3.77. The highest BCUT2D eigenvalue weighted by Crippen LogP contribution is 2.20. The summed E-state index contributed by atoms with van der Waals surface area (Å²) in [5.41, 5.74) is 1.08. The lowest BCUT2D eigenvalue weighted by Gasteiger charge is -2.02. The van der Waals surface area contributed by atoms with Crippen molar-refractivity contribution in [3.8, 4) is 0 Å². The van der Waals surface area contributed by atoms with Gasteiger partial charge in [-0.3, -0.25) is 4.79 Å². The maximum Gasteiger partial charge on any atom is 0.198 e. The monoisotopic (exact) mass is 310 g/mol. The molecule has 0 aliphatic rings. The average Bonchev–Trinajstić information content (AvgIpc) is 2.77. The number of halogens is 1. The summed E-state index contributed by atoms with van der Waals surface area (Å²) in [5.74, 6) is 0.0247. The number of hydrogen-bond acceptors (Lipinski definition) is 3. The van der Waals surface area contributed by atoms with Gasteiger partial charge in [-0.2, -0.15) is 0 Å². The van der Waals surface area contributed by atoms with Gasteiger partial charge in [0.25, 0.3) is 0 Å². The van der Waals surface area contributed by atoms with Crippen molar-refractivity contribution in [3.05, 3.63) is 56.7 Å². The highest BCUT2D eigenvalue weighted by Gasteiger charge is 2.08. The van der Waals surface area contributed by atoms with Crippen molar-refractivity contribution in [2.24, 2.45) is 0 Å². The molecule has 0 aliphatic carbocycles. The van der Waals surface area contributed by atoms with Gasteiger partial charge in [0.1, 0.15) is 6.61 Å². The van der Waals surface area contributed by atoms with Crippen molar-refractivity contribution in [1.82, 2.24) is 0 Å². The molecule has 17 heavy (non-hydrogen) atoms. The van der Waals surface area contributed by atoms with Crippen LogP contribution in [-0.4, -0.2) is 12.4 Å². The fraction of sp³-hybridized carbons (Fsp3) is 0.154. The minimum absolute atomic E-state index is 0.0247. The molecule has 0 unspecified atom stereocenters. The largest absolute Gasteiger partial charge is 0.369 e. The van der Waals surface area contributed by atoms with Gasteiger partial charge >= 0.3 is 0 Å². The molecule has 2 aromatic rings. The first-order chi connectivity index (χ1) is 8.25. The van der Waals surface area contributed by atoms with Crippen LogP contribution < -0.4 is 0 Å². The molecule has 1 aromatic heterocycles. The molecule has 4 heteroatoms. The van der Waals surface area contributed by atoms with Crippen molar-refractivity contribution >= 4 is 33.0 Å². The van der Waals surface area contributed by atoms with Crippen molar-refractivity contribution < 1.29 is 9.53 Å². The molecule has 1 aromatic carbocycles. The number of carbonyl (C=O) groups excluding carboxylic acids is 1. The molecule has 0 N–H and O–H groups in total. The number of ether oxygens (including phenoxy) is 1. The lowest BCUT2D eigenvalue weighted by Crippen LogP contribution is -2.07. The lowest BCUT2D eigenvalue weighted by molar-refractivity contribution is 0.0730. The second-order valence-electron chi connectivity index (χ2n) is 3.53. The number of carbonyl (C=O) groups is 1. The van der Waals surface area contributed by atoms with E-state index in [2.05, 4.69) is 15.9 Å². The van der Waals surface area contributed by atoms with Gasteiger partial charge in [-0.25, -0.2) is 0 Å². The molecule has 0 atom stereocenters. The molecule has 88 valence electrons. The van der Waals surface area contributed by atoms with Crippen LogP contribution in [0, 0.1) is 0 Å². The minimum Gasteiger partial charge on any atom is -0.369 e. The molecule has 1 heterocycles. The van der Waals surface area contributed by atoms with Gasteiger partial charge in [0.2, 0.25) is 0 Å². The van der Waals surface area contributed by atoms with E-state index in [0.717, 1.165) is 14.9 Å². The van der Waals surface area contributed by atoms with Gasteiger partial charge in [0, 0.05) is 9.85 Å². The lowest BCUT2D eigenvalue weighted by atomic mass is 10.2. The Morgan fingerprint density at radius 3 is 2.71 bits per heavy atom. The maximum atomic E-state index is 11.7. The third-order valence-electron chi connectivity index (χ3n) is 2.19. The Hall–Kier alpha value is -0.970. The highest BCUT2D eigenvalue weighted by molar-refractivity contribution is 9.10. The van der Waals surface area contributed by atoms with Crippen LogP contribution in [0.3, 0.4) is 0 Å². The Bertz CT molecular complexity index is 493. The molecular formula is C13H11BrO2S. The van der Waals surface area contributed by atoms with Crippen LogP contribution in [0.1, 0.15) is 15.2 Å². The standard InChI is InChI=1S/C13H11BrO2S/c14-11-6-13(17-9-11)12(15)8-16-7-10-4-2-1-3-5-10/h1-6,9H,7-8H2. The topological polar surface area (TPSA) is 26.3 Å². The maximum absolute atomic E-state index is 11.7. The van der Waals surface area contributed by atoms with E-state index in [-0.39, 0.29) is 12.4 Å². The van der Waals surface area contributed by atoms with Gasteiger partial charge in [-0.15, -0.1) is 11.3 Å². The Balaban J connectivity index is 1.81. The molecule has 0 amide bonds. The van der Waals surface area contributed by atoms with E-state index in [0.29, 0.717) is 6.61 Å². The van der Waals surface area contributed by atoms with Gasteiger partial charge < -0.3 is 4.74 Å². The first-order valence-electron chi connectivity index (χ1n) is 5.14. The van der Waals surface area contributed by atoms with Crippen LogP contribution in [0.2, 0.25) is 0 Å². The molecular weight excluding hydrogens is 300 g/mol. The van der Waals surface area contributed by atoms with Crippen molar-refractivity contribution in [3.63, 3.8) is 0 Å². The van der Waals surface area contributed by atoms with E-state index in [9.17, 15) is 4.79 Å². The van der Waals surface area contributed by atoms with Crippen LogP contribution >= 0.6 is 27.3 Å². The number of ketones is 1. The summed E-state index contributed by atoms with van der Waals surface area (Å²) in [7, 11) is 0. The Kier molecular flexibility index (Phi) is 4.48.